The number of hydrogen-bond donors (Lipinski definition) is 1. The van der Waals surface area contributed by atoms with Gasteiger partial charge in [-0.15, -0.1) is 11.8 Å². The predicted molar refractivity (Wildman–Crippen MR) is 100 cm³/mol. The maximum absolute atomic E-state index is 12.1. The minimum atomic E-state index is -0.471. The number of nitro benzene ring substituents is 1. The van der Waals surface area contributed by atoms with E-state index in [4.69, 9.17) is 4.74 Å². The number of anilines is 1. The second kappa shape index (κ2) is 9.08. The van der Waals surface area contributed by atoms with Gasteiger partial charge in [0, 0.05) is 17.5 Å². The largest absolute Gasteiger partial charge is 0.490 e. The summed E-state index contributed by atoms with van der Waals surface area (Å²) in [7, 11) is 1.40. The van der Waals surface area contributed by atoms with Gasteiger partial charge in [0.15, 0.2) is 5.75 Å². The average molecular weight is 360 g/mol. The molecule has 2 rings (SSSR count). The first-order chi connectivity index (χ1) is 12.0. The quantitative estimate of drug-likeness (QED) is 0.567. The lowest BCUT2D eigenvalue weighted by molar-refractivity contribution is -0.385. The average Bonchev–Trinajstić information content (AvgIpc) is 2.62. The molecular formula is C18H20N2O4S. The number of methoxy groups -OCH3 is 1. The topological polar surface area (TPSA) is 81.5 Å². The molecule has 1 amide bonds. The van der Waals surface area contributed by atoms with Crippen molar-refractivity contribution in [1.82, 2.24) is 0 Å². The first-order valence-electron chi connectivity index (χ1n) is 7.82. The van der Waals surface area contributed by atoms with Crippen LogP contribution < -0.4 is 10.1 Å². The Kier molecular flexibility index (Phi) is 6.82. The number of carbonyl (C=O) groups excluding carboxylic acids is 1. The normalized spacial score (nSPS) is 10.3. The number of aryl methyl sites for hydroxylation is 1. The van der Waals surface area contributed by atoms with E-state index < -0.39 is 4.92 Å². The zero-order chi connectivity index (χ0) is 18.2. The molecule has 7 heteroatoms. The highest BCUT2D eigenvalue weighted by molar-refractivity contribution is 7.99. The lowest BCUT2D eigenvalue weighted by Gasteiger charge is -2.09. The number of amides is 1. The Morgan fingerprint density at radius 1 is 1.28 bits per heavy atom. The third kappa shape index (κ3) is 5.22. The van der Waals surface area contributed by atoms with Gasteiger partial charge in [-0.3, -0.25) is 14.9 Å². The van der Waals surface area contributed by atoms with Crippen molar-refractivity contribution in [2.45, 2.75) is 19.1 Å². The van der Waals surface area contributed by atoms with Crippen LogP contribution in [0.1, 0.15) is 18.1 Å². The van der Waals surface area contributed by atoms with Gasteiger partial charge in [0.05, 0.1) is 17.8 Å². The lowest BCUT2D eigenvalue weighted by Crippen LogP contribution is -2.15. The molecule has 0 unspecified atom stereocenters. The molecule has 0 saturated heterocycles. The van der Waals surface area contributed by atoms with Crippen molar-refractivity contribution in [3.63, 3.8) is 0 Å². The lowest BCUT2D eigenvalue weighted by atomic mass is 10.1. The fraction of sp³-hybridized carbons (Fsp3) is 0.278. The number of ether oxygens (including phenoxy) is 1. The Hall–Kier alpha value is -2.54. The van der Waals surface area contributed by atoms with Crippen molar-refractivity contribution in [2.75, 3.05) is 18.2 Å². The smallest absolute Gasteiger partial charge is 0.311 e. The second-order valence-electron chi connectivity index (χ2n) is 5.31. The molecule has 2 aromatic rings. The van der Waals surface area contributed by atoms with Gasteiger partial charge >= 0.3 is 5.69 Å². The highest BCUT2D eigenvalue weighted by Gasteiger charge is 2.15. The number of carbonyl (C=O) groups is 1. The summed E-state index contributed by atoms with van der Waals surface area (Å²) in [5, 5.41) is 13.9. The van der Waals surface area contributed by atoms with Crippen LogP contribution in [0.15, 0.2) is 42.5 Å². The first kappa shape index (κ1) is 18.8. The van der Waals surface area contributed by atoms with E-state index in [1.54, 1.807) is 12.1 Å². The van der Waals surface area contributed by atoms with Crippen molar-refractivity contribution in [3.05, 3.63) is 63.7 Å². The van der Waals surface area contributed by atoms with Crippen LogP contribution in [0.5, 0.6) is 5.75 Å². The molecule has 0 aromatic heterocycles. The molecule has 1 N–H and O–H groups in total. The van der Waals surface area contributed by atoms with Crippen LogP contribution in [0.2, 0.25) is 0 Å². The molecule has 0 heterocycles. The Balaban J connectivity index is 1.91. The summed E-state index contributed by atoms with van der Waals surface area (Å²) in [6.07, 6.45) is 0.846. The Morgan fingerprint density at radius 3 is 2.72 bits per heavy atom. The van der Waals surface area contributed by atoms with E-state index in [0.29, 0.717) is 5.75 Å². The summed E-state index contributed by atoms with van der Waals surface area (Å²) in [6.45, 7) is 2.04. The molecule has 6 nitrogen and oxygen atoms in total. The number of para-hydroxylation sites is 1. The highest BCUT2D eigenvalue weighted by atomic mass is 32.2. The number of nitro groups is 1. The number of rotatable bonds is 8. The van der Waals surface area contributed by atoms with E-state index in [2.05, 4.69) is 5.32 Å². The SMILES string of the molecule is CCc1ccccc1NC(=O)CSCc1ccc(OC)c([N+](=O)[O-])c1. The van der Waals surface area contributed by atoms with Gasteiger partial charge in [-0.05, 0) is 29.7 Å². The molecule has 0 aliphatic rings. The van der Waals surface area contributed by atoms with Crippen LogP contribution in [0, 0.1) is 10.1 Å². The van der Waals surface area contributed by atoms with Crippen molar-refractivity contribution < 1.29 is 14.5 Å². The number of thioether (sulfide) groups is 1. The first-order valence-corrected chi connectivity index (χ1v) is 8.97. The monoisotopic (exact) mass is 360 g/mol. The minimum Gasteiger partial charge on any atom is -0.490 e. The molecule has 0 aliphatic heterocycles. The maximum Gasteiger partial charge on any atom is 0.311 e. The summed E-state index contributed by atoms with van der Waals surface area (Å²) in [5.41, 5.74) is 2.63. The molecule has 0 radical (unpaired) electrons. The van der Waals surface area contributed by atoms with Gasteiger partial charge in [0.1, 0.15) is 0 Å². The van der Waals surface area contributed by atoms with E-state index in [0.717, 1.165) is 23.2 Å². The van der Waals surface area contributed by atoms with Gasteiger partial charge in [0.2, 0.25) is 5.91 Å². The zero-order valence-corrected chi connectivity index (χ0v) is 15.0. The fourth-order valence-electron chi connectivity index (χ4n) is 2.37. The van der Waals surface area contributed by atoms with Crippen LogP contribution in [-0.4, -0.2) is 23.7 Å². The van der Waals surface area contributed by atoms with E-state index in [9.17, 15) is 14.9 Å². The number of hydrogen-bond acceptors (Lipinski definition) is 5. The van der Waals surface area contributed by atoms with E-state index in [-0.39, 0.29) is 23.1 Å². The van der Waals surface area contributed by atoms with E-state index >= 15 is 0 Å². The molecule has 0 fully saturated rings. The van der Waals surface area contributed by atoms with E-state index in [1.807, 2.05) is 31.2 Å². The highest BCUT2D eigenvalue weighted by Crippen LogP contribution is 2.29. The van der Waals surface area contributed by atoms with Crippen molar-refractivity contribution in [2.24, 2.45) is 0 Å². The Labute approximate surface area is 150 Å². The van der Waals surface area contributed by atoms with Crippen LogP contribution in [0.3, 0.4) is 0 Å². The second-order valence-corrected chi connectivity index (χ2v) is 6.30. The summed E-state index contributed by atoms with van der Waals surface area (Å²) >= 11 is 1.41. The molecule has 0 aliphatic carbocycles. The number of nitrogens with zero attached hydrogens (tertiary/aromatic N) is 1. The number of benzene rings is 2. The number of nitrogens with one attached hydrogen (secondary N) is 1. The Morgan fingerprint density at radius 2 is 2.04 bits per heavy atom. The molecule has 0 spiro atoms. The maximum atomic E-state index is 12.1. The van der Waals surface area contributed by atoms with Crippen LogP contribution in [0.25, 0.3) is 0 Å². The standard InChI is InChI=1S/C18H20N2O4S/c1-3-14-6-4-5-7-15(14)19-18(21)12-25-11-13-8-9-17(24-2)16(10-13)20(22)23/h4-10H,3,11-12H2,1-2H3,(H,19,21). The molecular weight excluding hydrogens is 340 g/mol. The van der Waals surface area contributed by atoms with Crippen LogP contribution >= 0.6 is 11.8 Å². The van der Waals surface area contributed by atoms with Crippen molar-refractivity contribution >= 4 is 29.0 Å². The fourth-order valence-corrected chi connectivity index (χ4v) is 3.14. The third-order valence-corrected chi connectivity index (χ3v) is 4.62. The summed E-state index contributed by atoms with van der Waals surface area (Å²) in [6, 6.07) is 12.5. The van der Waals surface area contributed by atoms with Gasteiger partial charge < -0.3 is 10.1 Å². The predicted octanol–water partition coefficient (Wildman–Crippen LogP) is 4.04. The zero-order valence-electron chi connectivity index (χ0n) is 14.2. The van der Waals surface area contributed by atoms with Gasteiger partial charge in [0.25, 0.3) is 0 Å². The minimum absolute atomic E-state index is 0.0677. The van der Waals surface area contributed by atoms with Crippen molar-refractivity contribution in [1.29, 1.82) is 0 Å². The molecule has 25 heavy (non-hydrogen) atoms. The van der Waals surface area contributed by atoms with E-state index in [1.165, 1.54) is 24.9 Å². The summed E-state index contributed by atoms with van der Waals surface area (Å²) < 4.78 is 4.98. The summed E-state index contributed by atoms with van der Waals surface area (Å²) in [5.74, 6) is 0.924. The van der Waals surface area contributed by atoms with Gasteiger partial charge in [-0.2, -0.15) is 0 Å². The van der Waals surface area contributed by atoms with Gasteiger partial charge in [-0.1, -0.05) is 31.2 Å². The van der Waals surface area contributed by atoms with Crippen molar-refractivity contribution in [3.8, 4) is 5.75 Å². The van der Waals surface area contributed by atoms with Crippen LogP contribution in [0.4, 0.5) is 11.4 Å². The Bertz CT molecular complexity index is 764. The van der Waals surface area contributed by atoms with Gasteiger partial charge in [-0.25, -0.2) is 0 Å². The third-order valence-electron chi connectivity index (χ3n) is 3.61. The molecule has 0 saturated carbocycles. The molecule has 2 aromatic carbocycles. The molecule has 0 bridgehead atoms. The molecule has 0 atom stereocenters. The molecule has 132 valence electrons. The summed E-state index contributed by atoms with van der Waals surface area (Å²) in [4.78, 5) is 22.6. The van der Waals surface area contributed by atoms with Crippen LogP contribution in [-0.2, 0) is 17.0 Å².